The molecule has 2 aliphatic rings. The van der Waals surface area contributed by atoms with Crippen molar-refractivity contribution in [2.24, 2.45) is 0 Å². The first-order valence-corrected chi connectivity index (χ1v) is 13.8. The molecule has 0 spiro atoms. The van der Waals surface area contributed by atoms with Gasteiger partial charge in [-0.05, 0) is 50.5 Å². The van der Waals surface area contributed by atoms with Crippen molar-refractivity contribution in [3.8, 4) is 0 Å². The molecule has 0 saturated carbocycles. The summed E-state index contributed by atoms with van der Waals surface area (Å²) in [5.74, 6) is 0.0307. The maximum Gasteiger partial charge on any atom is 0.416 e. The molecule has 14 heteroatoms. The molecule has 0 unspecified atom stereocenters. The summed E-state index contributed by atoms with van der Waals surface area (Å²) in [5, 5.41) is 10.3. The van der Waals surface area contributed by atoms with Crippen LogP contribution in [-0.4, -0.2) is 63.5 Å². The van der Waals surface area contributed by atoms with E-state index in [9.17, 15) is 22.8 Å². The van der Waals surface area contributed by atoms with Gasteiger partial charge >= 0.3 is 6.18 Å². The van der Waals surface area contributed by atoms with E-state index in [-0.39, 0.29) is 40.7 Å². The molecule has 2 aliphatic heterocycles. The third-order valence-corrected chi connectivity index (χ3v) is 7.92. The summed E-state index contributed by atoms with van der Waals surface area (Å²) in [5.41, 5.74) is 0.690. The third kappa shape index (κ3) is 5.70. The molecule has 5 rings (SSSR count). The van der Waals surface area contributed by atoms with Crippen LogP contribution in [0.4, 0.5) is 24.5 Å². The second kappa shape index (κ2) is 11.5. The summed E-state index contributed by atoms with van der Waals surface area (Å²) < 4.78 is 47.5. The van der Waals surface area contributed by atoms with Crippen molar-refractivity contribution >= 4 is 40.2 Å². The Balaban J connectivity index is 1.60. The normalized spacial score (nSPS) is 19.9. The number of ether oxygens (including phenoxy) is 1. The van der Waals surface area contributed by atoms with Gasteiger partial charge in [-0.15, -0.1) is 5.10 Å². The van der Waals surface area contributed by atoms with Crippen LogP contribution in [-0.2, 0) is 28.7 Å². The number of hydrogen-bond acceptors (Lipinski definition) is 7. The van der Waals surface area contributed by atoms with E-state index in [0.29, 0.717) is 56.4 Å². The number of anilines is 2. The van der Waals surface area contributed by atoms with Gasteiger partial charge in [0, 0.05) is 25.2 Å². The Kier molecular flexibility index (Phi) is 8.13. The Hall–Kier alpha value is -3.42. The smallest absolute Gasteiger partial charge is 0.377 e. The van der Waals surface area contributed by atoms with Crippen molar-refractivity contribution in [1.82, 2.24) is 24.5 Å². The molecule has 2 aromatic heterocycles. The molecule has 2 atom stereocenters. The van der Waals surface area contributed by atoms with E-state index >= 15 is 0 Å². The second-order valence-corrected chi connectivity index (χ2v) is 10.6. The van der Waals surface area contributed by atoms with Crippen molar-refractivity contribution in [2.45, 2.75) is 58.4 Å². The average molecular weight is 594 g/mol. The van der Waals surface area contributed by atoms with Crippen LogP contribution >= 0.6 is 11.6 Å². The average Bonchev–Trinajstić information content (AvgIpc) is 3.39. The summed E-state index contributed by atoms with van der Waals surface area (Å²) in [6.45, 7) is 7.87. The monoisotopic (exact) mass is 593 g/mol. The molecule has 10 nitrogen and oxygen atoms in total. The zero-order chi connectivity index (χ0) is 29.5. The highest BCUT2D eigenvalue weighted by Gasteiger charge is 2.33. The summed E-state index contributed by atoms with van der Waals surface area (Å²) in [4.78, 5) is 34.0. The number of carbonyl (C=O) groups excluding carboxylic acids is 1. The van der Waals surface area contributed by atoms with E-state index < -0.39 is 17.6 Å². The highest BCUT2D eigenvalue weighted by Crippen LogP contribution is 2.34. The fourth-order valence-electron chi connectivity index (χ4n) is 5.26. The predicted octanol–water partition coefficient (Wildman–Crippen LogP) is 3.75. The van der Waals surface area contributed by atoms with Crippen LogP contribution in [0.1, 0.15) is 44.3 Å². The highest BCUT2D eigenvalue weighted by molar-refractivity contribution is 6.33. The first kappa shape index (κ1) is 29.1. The van der Waals surface area contributed by atoms with Gasteiger partial charge in [-0.1, -0.05) is 24.6 Å². The SMILES string of the molecule is CCc1c(N2CCN[C@@H](C)[C@H]2C)c(=O)n2nc(C3=CCOCC3)nc2n1CC(=O)Nc1ccc(C(F)(F)F)cc1Cl. The Bertz CT molecular complexity index is 1570. The predicted molar refractivity (Wildman–Crippen MR) is 149 cm³/mol. The number of aromatic nitrogens is 4. The molecule has 1 fully saturated rings. The van der Waals surface area contributed by atoms with E-state index in [1.54, 1.807) is 4.57 Å². The standard InChI is InChI=1S/C27H31ClF3N7O3/c1-4-21-23(36-10-9-32-15(2)16(36)3)25(40)38-26(34-24(35-38)17-7-11-41-12-8-17)37(21)14-22(39)33-20-6-5-18(13-19(20)28)27(29,30)31/h5-7,13,15-16,32H,4,8-12,14H2,1-3H3,(H,33,39)/t15-,16+/m0/s1. The van der Waals surface area contributed by atoms with Crippen LogP contribution in [0.25, 0.3) is 11.4 Å². The maximum absolute atomic E-state index is 14.0. The van der Waals surface area contributed by atoms with E-state index in [2.05, 4.69) is 20.7 Å². The van der Waals surface area contributed by atoms with Crippen LogP contribution in [0.3, 0.4) is 0 Å². The van der Waals surface area contributed by atoms with Crippen LogP contribution < -0.4 is 21.1 Å². The molecule has 0 bridgehead atoms. The number of piperazine rings is 1. The topological polar surface area (TPSA) is 106 Å². The van der Waals surface area contributed by atoms with Crippen LogP contribution in [0.5, 0.6) is 0 Å². The quantitative estimate of drug-likeness (QED) is 0.448. The van der Waals surface area contributed by atoms with E-state index in [1.807, 2.05) is 31.7 Å². The Morgan fingerprint density at radius 2 is 2.07 bits per heavy atom. The number of halogens is 4. The number of amides is 1. The zero-order valence-corrected chi connectivity index (χ0v) is 23.6. The number of nitrogens with one attached hydrogen (secondary N) is 2. The van der Waals surface area contributed by atoms with Crippen molar-refractivity contribution in [3.63, 3.8) is 0 Å². The lowest BCUT2D eigenvalue weighted by Gasteiger charge is -2.40. The minimum Gasteiger partial charge on any atom is -0.377 e. The lowest BCUT2D eigenvalue weighted by atomic mass is 10.1. The van der Waals surface area contributed by atoms with Crippen LogP contribution in [0.15, 0.2) is 29.1 Å². The van der Waals surface area contributed by atoms with Gasteiger partial charge in [0.15, 0.2) is 5.82 Å². The van der Waals surface area contributed by atoms with Gasteiger partial charge in [-0.2, -0.15) is 22.7 Å². The summed E-state index contributed by atoms with van der Waals surface area (Å²) in [6.07, 6.45) is -1.70. The van der Waals surface area contributed by atoms with Gasteiger partial charge in [0.1, 0.15) is 12.2 Å². The van der Waals surface area contributed by atoms with Gasteiger partial charge in [-0.3, -0.25) is 9.59 Å². The third-order valence-electron chi connectivity index (χ3n) is 7.60. The van der Waals surface area contributed by atoms with Crippen molar-refractivity contribution < 1.29 is 22.7 Å². The molecule has 0 radical (unpaired) electrons. The minimum absolute atomic E-state index is 0.0198. The summed E-state index contributed by atoms with van der Waals surface area (Å²) in [6, 6.07) is 2.83. The number of rotatable bonds is 6. The van der Waals surface area contributed by atoms with E-state index in [0.717, 1.165) is 23.8 Å². The van der Waals surface area contributed by atoms with Crippen molar-refractivity contribution in [1.29, 1.82) is 0 Å². The molecule has 0 aliphatic carbocycles. The van der Waals surface area contributed by atoms with Crippen LogP contribution in [0, 0.1) is 0 Å². The molecule has 220 valence electrons. The first-order chi connectivity index (χ1) is 19.5. The Morgan fingerprint density at radius 3 is 2.73 bits per heavy atom. The van der Waals surface area contributed by atoms with Gasteiger partial charge in [0.2, 0.25) is 11.7 Å². The molecule has 1 saturated heterocycles. The largest absolute Gasteiger partial charge is 0.416 e. The number of benzene rings is 1. The Labute approximate surface area is 239 Å². The number of hydrogen-bond donors (Lipinski definition) is 2. The van der Waals surface area contributed by atoms with Gasteiger partial charge < -0.3 is 24.8 Å². The molecular formula is C27H31ClF3N7O3. The van der Waals surface area contributed by atoms with E-state index in [1.165, 1.54) is 4.52 Å². The second-order valence-electron chi connectivity index (χ2n) is 10.2. The summed E-state index contributed by atoms with van der Waals surface area (Å²) >= 11 is 6.08. The fourth-order valence-corrected chi connectivity index (χ4v) is 5.49. The molecule has 3 aromatic rings. The molecular weight excluding hydrogens is 563 g/mol. The lowest BCUT2D eigenvalue weighted by Crippen LogP contribution is -2.57. The number of carbonyl (C=O) groups is 1. The lowest BCUT2D eigenvalue weighted by molar-refractivity contribution is -0.137. The first-order valence-electron chi connectivity index (χ1n) is 13.5. The van der Waals surface area contributed by atoms with Crippen molar-refractivity contribution in [2.75, 3.05) is 36.5 Å². The molecule has 1 aromatic carbocycles. The summed E-state index contributed by atoms with van der Waals surface area (Å²) in [7, 11) is 0. The minimum atomic E-state index is -4.57. The highest BCUT2D eigenvalue weighted by atomic mass is 35.5. The molecule has 41 heavy (non-hydrogen) atoms. The molecule has 2 N–H and O–H groups in total. The Morgan fingerprint density at radius 1 is 1.29 bits per heavy atom. The van der Waals surface area contributed by atoms with Crippen molar-refractivity contribution in [3.05, 3.63) is 56.7 Å². The van der Waals surface area contributed by atoms with Gasteiger partial charge in [-0.25, -0.2) is 0 Å². The van der Waals surface area contributed by atoms with E-state index in [4.69, 9.17) is 16.3 Å². The van der Waals surface area contributed by atoms with Gasteiger partial charge in [0.25, 0.3) is 5.56 Å². The number of alkyl halides is 3. The van der Waals surface area contributed by atoms with Crippen LogP contribution in [0.2, 0.25) is 5.02 Å². The number of fused-ring (bicyclic) bond motifs is 1. The molecule has 1 amide bonds. The fraction of sp³-hybridized carbons (Fsp3) is 0.481. The number of nitrogens with zero attached hydrogens (tertiary/aromatic N) is 5. The molecule has 4 heterocycles. The zero-order valence-electron chi connectivity index (χ0n) is 22.9. The maximum atomic E-state index is 14.0. The van der Waals surface area contributed by atoms with Gasteiger partial charge in [0.05, 0.1) is 35.2 Å².